The van der Waals surface area contributed by atoms with E-state index in [0.29, 0.717) is 5.56 Å². The molecular formula is C21H18N2O2. The highest BCUT2D eigenvalue weighted by molar-refractivity contribution is 6.00. The first-order valence-electron chi connectivity index (χ1n) is 8.22. The van der Waals surface area contributed by atoms with Gasteiger partial charge in [-0.2, -0.15) is 0 Å². The Labute approximate surface area is 146 Å². The van der Waals surface area contributed by atoms with Gasteiger partial charge in [-0.15, -0.1) is 0 Å². The monoisotopic (exact) mass is 330 g/mol. The molecule has 3 aromatic carbocycles. The minimum Gasteiger partial charge on any atom is -0.363 e. The third-order valence-electron chi connectivity index (χ3n) is 4.58. The lowest BCUT2D eigenvalue weighted by atomic mass is 9.95. The van der Waals surface area contributed by atoms with E-state index in [1.807, 2.05) is 42.5 Å². The molecule has 124 valence electrons. The Morgan fingerprint density at radius 3 is 2.52 bits per heavy atom. The third-order valence-corrected chi connectivity index (χ3v) is 4.58. The number of hydroxylamine groups is 1. The number of amides is 1. The molecule has 25 heavy (non-hydrogen) atoms. The number of nitrogens with zero attached hydrogens (tertiary/aromatic N) is 1. The van der Waals surface area contributed by atoms with Crippen LogP contribution in [0.4, 0.5) is 5.69 Å². The van der Waals surface area contributed by atoms with Crippen LogP contribution in [0.5, 0.6) is 0 Å². The summed E-state index contributed by atoms with van der Waals surface area (Å²) in [5.74, 6) is -0.500. The quantitative estimate of drug-likeness (QED) is 0.562. The molecule has 0 atom stereocenters. The number of benzene rings is 3. The highest BCUT2D eigenvalue weighted by Crippen LogP contribution is 2.34. The summed E-state index contributed by atoms with van der Waals surface area (Å²) < 4.78 is 0. The van der Waals surface area contributed by atoms with Crippen molar-refractivity contribution in [3.63, 3.8) is 0 Å². The molecule has 0 fully saturated rings. The number of fused-ring (bicyclic) bond motifs is 1. The molecule has 0 spiro atoms. The van der Waals surface area contributed by atoms with Crippen molar-refractivity contribution >= 4 is 11.6 Å². The average Bonchev–Trinajstić information content (AvgIpc) is 2.66. The van der Waals surface area contributed by atoms with E-state index in [1.165, 1.54) is 11.3 Å². The molecule has 1 heterocycles. The zero-order chi connectivity index (χ0) is 17.2. The zero-order valence-corrected chi connectivity index (χ0v) is 13.6. The molecule has 1 aliphatic heterocycles. The normalized spacial score (nSPS) is 12.3. The lowest BCUT2D eigenvalue weighted by Crippen LogP contribution is -2.31. The minimum absolute atomic E-state index is 0.460. The average molecular weight is 330 g/mol. The summed E-state index contributed by atoms with van der Waals surface area (Å²) in [4.78, 5) is 14.3. The van der Waals surface area contributed by atoms with Crippen LogP contribution in [0.15, 0.2) is 72.8 Å². The van der Waals surface area contributed by atoms with Gasteiger partial charge in [-0.3, -0.25) is 10.0 Å². The Kier molecular flexibility index (Phi) is 3.96. The fraction of sp³-hybridized carbons (Fsp3) is 0.0952. The van der Waals surface area contributed by atoms with Crippen molar-refractivity contribution in [2.24, 2.45) is 0 Å². The van der Waals surface area contributed by atoms with Crippen molar-refractivity contribution in [1.29, 1.82) is 0 Å². The maximum atomic E-state index is 12.0. The topological polar surface area (TPSA) is 52.6 Å². The first kappa shape index (κ1) is 15.4. The van der Waals surface area contributed by atoms with Crippen LogP contribution in [0.2, 0.25) is 0 Å². The Balaban J connectivity index is 1.68. The first-order chi connectivity index (χ1) is 12.3. The molecule has 4 nitrogen and oxygen atoms in total. The van der Waals surface area contributed by atoms with Gasteiger partial charge in [0.2, 0.25) is 0 Å². The Hall–Kier alpha value is -3.11. The molecule has 4 rings (SSSR count). The van der Waals surface area contributed by atoms with Gasteiger partial charge in [0.05, 0.1) is 0 Å². The third kappa shape index (κ3) is 2.88. The van der Waals surface area contributed by atoms with Crippen LogP contribution < -0.4 is 10.4 Å². The second-order valence-corrected chi connectivity index (χ2v) is 6.17. The number of carbonyl (C=O) groups is 1. The van der Waals surface area contributed by atoms with Gasteiger partial charge in [0.1, 0.15) is 0 Å². The maximum Gasteiger partial charge on any atom is 0.275 e. The van der Waals surface area contributed by atoms with Gasteiger partial charge in [-0.25, -0.2) is 5.48 Å². The van der Waals surface area contributed by atoms with Crippen molar-refractivity contribution in [3.8, 4) is 11.1 Å². The Morgan fingerprint density at radius 1 is 1.00 bits per heavy atom. The predicted molar refractivity (Wildman–Crippen MR) is 97.5 cm³/mol. The molecule has 1 aliphatic rings. The van der Waals surface area contributed by atoms with Crippen LogP contribution in [-0.2, 0) is 13.1 Å². The van der Waals surface area contributed by atoms with Gasteiger partial charge in [0.15, 0.2) is 0 Å². The molecule has 0 aromatic heterocycles. The van der Waals surface area contributed by atoms with E-state index in [0.717, 1.165) is 29.8 Å². The number of hydrogen-bond donors (Lipinski definition) is 2. The van der Waals surface area contributed by atoms with Crippen LogP contribution in [-0.4, -0.2) is 11.1 Å². The summed E-state index contributed by atoms with van der Waals surface area (Å²) in [6.07, 6.45) is 0. The van der Waals surface area contributed by atoms with Crippen LogP contribution in [0, 0.1) is 0 Å². The van der Waals surface area contributed by atoms with Crippen LogP contribution in [0.25, 0.3) is 11.1 Å². The SMILES string of the molecule is O=C(NO)c1ccc(CN2Cc3ccccc32)cc1-c1ccccc1. The molecule has 0 radical (unpaired) electrons. The van der Waals surface area contributed by atoms with Gasteiger partial charge in [-0.05, 0) is 40.5 Å². The van der Waals surface area contributed by atoms with E-state index in [-0.39, 0.29) is 0 Å². The van der Waals surface area contributed by atoms with E-state index in [9.17, 15) is 4.79 Å². The molecule has 4 heteroatoms. The van der Waals surface area contributed by atoms with Gasteiger partial charge in [0, 0.05) is 24.3 Å². The van der Waals surface area contributed by atoms with E-state index in [4.69, 9.17) is 5.21 Å². The zero-order valence-electron chi connectivity index (χ0n) is 13.6. The Bertz CT molecular complexity index is 922. The van der Waals surface area contributed by atoms with E-state index >= 15 is 0 Å². The smallest absolute Gasteiger partial charge is 0.275 e. The number of anilines is 1. The summed E-state index contributed by atoms with van der Waals surface area (Å²) in [7, 11) is 0. The van der Waals surface area contributed by atoms with Crippen LogP contribution >= 0.6 is 0 Å². The van der Waals surface area contributed by atoms with Gasteiger partial charge < -0.3 is 4.90 Å². The summed E-state index contributed by atoms with van der Waals surface area (Å²) in [5.41, 5.74) is 7.72. The second kappa shape index (κ2) is 6.42. The first-order valence-corrected chi connectivity index (χ1v) is 8.22. The lowest BCUT2D eigenvalue weighted by molar-refractivity contribution is 0.0707. The Morgan fingerprint density at radius 2 is 1.76 bits per heavy atom. The van der Waals surface area contributed by atoms with Crippen molar-refractivity contribution in [2.75, 3.05) is 4.90 Å². The maximum absolute atomic E-state index is 12.0. The van der Waals surface area contributed by atoms with E-state index in [2.05, 4.69) is 29.2 Å². The molecule has 0 aliphatic carbocycles. The number of carbonyl (C=O) groups excluding carboxylic acids is 1. The number of hydrogen-bond acceptors (Lipinski definition) is 3. The summed E-state index contributed by atoms with van der Waals surface area (Å²) in [6, 6.07) is 23.9. The predicted octanol–water partition coefficient (Wildman–Crippen LogP) is 3.99. The van der Waals surface area contributed by atoms with Gasteiger partial charge in [-0.1, -0.05) is 54.6 Å². The number of para-hydroxylation sites is 1. The van der Waals surface area contributed by atoms with E-state index in [1.54, 1.807) is 11.5 Å². The number of nitrogens with one attached hydrogen (secondary N) is 1. The molecule has 0 bridgehead atoms. The largest absolute Gasteiger partial charge is 0.363 e. The molecule has 3 aromatic rings. The summed E-state index contributed by atoms with van der Waals surface area (Å²) >= 11 is 0. The standard InChI is InChI=1S/C21H18N2O2/c24-21(22-25)18-11-10-15(12-19(18)16-6-2-1-3-7-16)13-23-14-17-8-4-5-9-20(17)23/h1-12,25H,13-14H2,(H,22,24). The van der Waals surface area contributed by atoms with Crippen molar-refractivity contribution in [1.82, 2.24) is 5.48 Å². The minimum atomic E-state index is -0.500. The molecule has 0 saturated carbocycles. The molecule has 0 saturated heterocycles. The fourth-order valence-electron chi connectivity index (χ4n) is 3.32. The molecular weight excluding hydrogens is 312 g/mol. The molecule has 0 unspecified atom stereocenters. The van der Waals surface area contributed by atoms with Crippen molar-refractivity contribution in [3.05, 3.63) is 89.5 Å². The lowest BCUT2D eigenvalue weighted by Gasteiger charge is -2.36. The van der Waals surface area contributed by atoms with E-state index < -0.39 is 5.91 Å². The molecule has 2 N–H and O–H groups in total. The van der Waals surface area contributed by atoms with Crippen LogP contribution in [0.1, 0.15) is 21.5 Å². The summed E-state index contributed by atoms with van der Waals surface area (Å²) in [6.45, 7) is 1.73. The second-order valence-electron chi connectivity index (χ2n) is 6.17. The molecule has 1 amide bonds. The van der Waals surface area contributed by atoms with Gasteiger partial charge in [0.25, 0.3) is 5.91 Å². The highest BCUT2D eigenvalue weighted by atomic mass is 16.5. The summed E-state index contributed by atoms with van der Waals surface area (Å²) in [5, 5.41) is 9.02. The van der Waals surface area contributed by atoms with Crippen molar-refractivity contribution in [2.45, 2.75) is 13.1 Å². The van der Waals surface area contributed by atoms with Crippen molar-refractivity contribution < 1.29 is 10.0 Å². The number of rotatable bonds is 4. The van der Waals surface area contributed by atoms with Crippen LogP contribution in [0.3, 0.4) is 0 Å². The highest BCUT2D eigenvalue weighted by Gasteiger charge is 2.22. The fourth-order valence-corrected chi connectivity index (χ4v) is 3.32. The van der Waals surface area contributed by atoms with Gasteiger partial charge >= 0.3 is 0 Å².